The fraction of sp³-hybridized carbons (Fsp3) is 1.00. The zero-order chi connectivity index (χ0) is 11.3. The zero-order valence-electron chi connectivity index (χ0n) is 10.7. The third-order valence-electron chi connectivity index (χ3n) is 4.71. The van der Waals surface area contributed by atoms with Crippen LogP contribution in [-0.4, -0.2) is 30.1 Å². The molecule has 0 radical (unpaired) electrons. The number of nitrogens with two attached hydrogens (primary N) is 1. The van der Waals surface area contributed by atoms with Gasteiger partial charge in [-0.3, -0.25) is 4.90 Å². The van der Waals surface area contributed by atoms with Crippen LogP contribution in [0.15, 0.2) is 0 Å². The molecule has 88 valence electrons. The normalized spacial score (nSPS) is 40.0. The molecule has 0 aromatic carbocycles. The molecule has 2 heteroatoms. The van der Waals surface area contributed by atoms with Gasteiger partial charge < -0.3 is 5.73 Å². The third-order valence-corrected chi connectivity index (χ3v) is 4.71. The lowest BCUT2D eigenvalue weighted by Gasteiger charge is -2.42. The molecule has 2 atom stereocenters. The van der Waals surface area contributed by atoms with Crippen molar-refractivity contribution < 1.29 is 0 Å². The molecule has 0 bridgehead atoms. The second-order valence-corrected chi connectivity index (χ2v) is 6.60. The van der Waals surface area contributed by atoms with E-state index in [9.17, 15) is 0 Å². The highest BCUT2D eigenvalue weighted by molar-refractivity contribution is 5.08. The van der Waals surface area contributed by atoms with E-state index < -0.39 is 0 Å². The molecule has 0 heterocycles. The first-order chi connectivity index (χ1) is 6.91. The molecule has 2 aliphatic carbocycles. The molecule has 2 nitrogen and oxygen atoms in total. The van der Waals surface area contributed by atoms with Crippen LogP contribution in [0.2, 0.25) is 0 Å². The lowest BCUT2D eigenvalue weighted by Crippen LogP contribution is -2.55. The summed E-state index contributed by atoms with van der Waals surface area (Å²) in [4.78, 5) is 2.60. The van der Waals surface area contributed by atoms with Gasteiger partial charge in [0.25, 0.3) is 0 Å². The van der Waals surface area contributed by atoms with E-state index in [2.05, 4.69) is 32.7 Å². The summed E-state index contributed by atoms with van der Waals surface area (Å²) in [6, 6.07) is 0.824. The number of nitrogens with zero attached hydrogens (tertiary/aromatic N) is 1. The van der Waals surface area contributed by atoms with E-state index in [0.717, 1.165) is 18.5 Å². The van der Waals surface area contributed by atoms with E-state index in [1.165, 1.54) is 25.7 Å². The second-order valence-electron chi connectivity index (χ2n) is 6.60. The van der Waals surface area contributed by atoms with Gasteiger partial charge in [0.1, 0.15) is 0 Å². The minimum absolute atomic E-state index is 0.282. The number of likely N-dealkylation sites (N-methyl/N-ethyl adjacent to an activating group) is 1. The first kappa shape index (κ1) is 11.4. The summed E-state index contributed by atoms with van der Waals surface area (Å²) in [7, 11) is 2.29. The molecule has 15 heavy (non-hydrogen) atoms. The first-order valence-electron chi connectivity index (χ1n) is 6.34. The van der Waals surface area contributed by atoms with E-state index in [-0.39, 0.29) is 5.54 Å². The zero-order valence-corrected chi connectivity index (χ0v) is 10.7. The van der Waals surface area contributed by atoms with Gasteiger partial charge in [-0.05, 0) is 44.1 Å². The van der Waals surface area contributed by atoms with Crippen molar-refractivity contribution in [2.45, 2.75) is 58.0 Å². The molecular weight excluding hydrogens is 184 g/mol. The standard InChI is InChI=1S/C13H26N2/c1-10-7-12(2,3)8-13(10,9-14)15(4)11-5-6-11/h10-11H,5-9,14H2,1-4H3. The Hall–Kier alpha value is -0.0800. The molecule has 0 saturated heterocycles. The van der Waals surface area contributed by atoms with Crippen molar-refractivity contribution in [1.29, 1.82) is 0 Å². The molecule has 2 saturated carbocycles. The molecule has 0 spiro atoms. The maximum Gasteiger partial charge on any atom is 0.0362 e. The Morgan fingerprint density at radius 2 is 1.93 bits per heavy atom. The maximum absolute atomic E-state index is 6.11. The van der Waals surface area contributed by atoms with Crippen LogP contribution in [0.5, 0.6) is 0 Å². The maximum atomic E-state index is 6.11. The fourth-order valence-corrected chi connectivity index (χ4v) is 3.81. The highest BCUT2D eigenvalue weighted by Gasteiger charge is 2.52. The van der Waals surface area contributed by atoms with Gasteiger partial charge in [0.05, 0.1) is 0 Å². The van der Waals surface area contributed by atoms with Crippen LogP contribution in [0.1, 0.15) is 46.5 Å². The van der Waals surface area contributed by atoms with Gasteiger partial charge in [-0.25, -0.2) is 0 Å². The summed E-state index contributed by atoms with van der Waals surface area (Å²) >= 11 is 0. The van der Waals surface area contributed by atoms with Crippen LogP contribution in [0.25, 0.3) is 0 Å². The summed E-state index contributed by atoms with van der Waals surface area (Å²) in [5.41, 5.74) is 6.86. The number of hydrogen-bond donors (Lipinski definition) is 1. The Labute approximate surface area is 94.2 Å². The molecule has 2 rings (SSSR count). The molecule has 2 unspecified atom stereocenters. The van der Waals surface area contributed by atoms with Crippen molar-refractivity contribution in [3.8, 4) is 0 Å². The van der Waals surface area contributed by atoms with Crippen molar-refractivity contribution in [2.75, 3.05) is 13.6 Å². The first-order valence-corrected chi connectivity index (χ1v) is 6.34. The van der Waals surface area contributed by atoms with Gasteiger partial charge in [0.2, 0.25) is 0 Å². The average molecular weight is 210 g/mol. The lowest BCUT2D eigenvalue weighted by atomic mass is 9.85. The highest BCUT2D eigenvalue weighted by atomic mass is 15.2. The molecule has 0 amide bonds. The SMILES string of the molecule is CC1CC(C)(C)CC1(CN)N(C)C1CC1. The van der Waals surface area contributed by atoms with E-state index in [1.807, 2.05) is 0 Å². The summed E-state index contributed by atoms with van der Waals surface area (Å²) in [6.45, 7) is 7.99. The van der Waals surface area contributed by atoms with E-state index >= 15 is 0 Å². The van der Waals surface area contributed by atoms with Crippen LogP contribution in [0, 0.1) is 11.3 Å². The lowest BCUT2D eigenvalue weighted by molar-refractivity contribution is 0.0781. The van der Waals surface area contributed by atoms with E-state index in [4.69, 9.17) is 5.73 Å². The Balaban J connectivity index is 2.20. The van der Waals surface area contributed by atoms with Crippen molar-refractivity contribution in [3.63, 3.8) is 0 Å². The smallest absolute Gasteiger partial charge is 0.0362 e. The molecular formula is C13H26N2. The largest absolute Gasteiger partial charge is 0.329 e. The Bertz CT molecular complexity index is 245. The number of hydrogen-bond acceptors (Lipinski definition) is 2. The van der Waals surface area contributed by atoms with Crippen LogP contribution in [0.3, 0.4) is 0 Å². The number of rotatable bonds is 3. The fourth-order valence-electron chi connectivity index (χ4n) is 3.81. The Kier molecular flexibility index (Phi) is 2.63. The Morgan fingerprint density at radius 3 is 2.27 bits per heavy atom. The summed E-state index contributed by atoms with van der Waals surface area (Å²) in [6.07, 6.45) is 5.35. The van der Waals surface area contributed by atoms with Crippen molar-refractivity contribution in [1.82, 2.24) is 4.90 Å². The quantitative estimate of drug-likeness (QED) is 0.774. The van der Waals surface area contributed by atoms with Gasteiger partial charge in [-0.1, -0.05) is 20.8 Å². The van der Waals surface area contributed by atoms with Crippen LogP contribution in [0.4, 0.5) is 0 Å². The van der Waals surface area contributed by atoms with Crippen molar-refractivity contribution in [2.24, 2.45) is 17.1 Å². The molecule has 0 aromatic rings. The highest BCUT2D eigenvalue weighted by Crippen LogP contribution is 2.51. The topological polar surface area (TPSA) is 29.3 Å². The predicted molar refractivity (Wildman–Crippen MR) is 64.7 cm³/mol. The second kappa shape index (κ2) is 3.46. The van der Waals surface area contributed by atoms with E-state index in [0.29, 0.717) is 5.41 Å². The van der Waals surface area contributed by atoms with Crippen molar-refractivity contribution >= 4 is 0 Å². The van der Waals surface area contributed by atoms with E-state index in [1.54, 1.807) is 0 Å². The van der Waals surface area contributed by atoms with Gasteiger partial charge in [0, 0.05) is 18.1 Å². The Morgan fingerprint density at radius 1 is 1.33 bits per heavy atom. The molecule has 2 N–H and O–H groups in total. The van der Waals surface area contributed by atoms with Crippen LogP contribution < -0.4 is 5.73 Å². The molecule has 0 aliphatic heterocycles. The minimum Gasteiger partial charge on any atom is -0.329 e. The summed E-state index contributed by atoms with van der Waals surface area (Å²) in [5.74, 6) is 0.739. The average Bonchev–Trinajstić information content (AvgIpc) is 2.92. The molecule has 2 aliphatic rings. The minimum atomic E-state index is 0.282. The van der Waals surface area contributed by atoms with Crippen LogP contribution >= 0.6 is 0 Å². The van der Waals surface area contributed by atoms with Gasteiger partial charge >= 0.3 is 0 Å². The van der Waals surface area contributed by atoms with Crippen molar-refractivity contribution in [3.05, 3.63) is 0 Å². The predicted octanol–water partition coefficient (Wildman–Crippen LogP) is 2.23. The molecule has 2 fully saturated rings. The van der Waals surface area contributed by atoms with Gasteiger partial charge in [-0.2, -0.15) is 0 Å². The molecule has 0 aromatic heterocycles. The van der Waals surface area contributed by atoms with Crippen LogP contribution in [-0.2, 0) is 0 Å². The summed E-state index contributed by atoms with van der Waals surface area (Å²) in [5, 5.41) is 0. The van der Waals surface area contributed by atoms with Gasteiger partial charge in [-0.15, -0.1) is 0 Å². The third kappa shape index (κ3) is 1.83. The summed E-state index contributed by atoms with van der Waals surface area (Å²) < 4.78 is 0. The monoisotopic (exact) mass is 210 g/mol. The van der Waals surface area contributed by atoms with Gasteiger partial charge in [0.15, 0.2) is 0 Å².